The summed E-state index contributed by atoms with van der Waals surface area (Å²) in [6, 6.07) is 0. The Bertz CT molecular complexity index is 165. The second-order valence-corrected chi connectivity index (χ2v) is 5.26. The van der Waals surface area contributed by atoms with Crippen molar-refractivity contribution in [2.45, 2.75) is 45.6 Å². The fraction of sp³-hybridized carbons (Fsp3) is 1.00. The van der Waals surface area contributed by atoms with Crippen LogP contribution in [0.2, 0.25) is 0 Å². The monoisotopic (exact) mass is 228 g/mol. The van der Waals surface area contributed by atoms with Crippen LogP contribution in [0, 0.1) is 5.92 Å². The van der Waals surface area contributed by atoms with E-state index in [4.69, 9.17) is 10.5 Å². The summed E-state index contributed by atoms with van der Waals surface area (Å²) in [4.78, 5) is 2.56. The maximum Gasteiger partial charge on any atom is 0.0599 e. The molecule has 1 saturated heterocycles. The van der Waals surface area contributed by atoms with Crippen LogP contribution in [0.4, 0.5) is 0 Å². The van der Waals surface area contributed by atoms with Crippen molar-refractivity contribution in [1.29, 1.82) is 0 Å². The van der Waals surface area contributed by atoms with E-state index in [1.54, 1.807) is 0 Å². The molecule has 0 aromatic rings. The van der Waals surface area contributed by atoms with E-state index >= 15 is 0 Å². The molecule has 0 radical (unpaired) electrons. The van der Waals surface area contributed by atoms with E-state index in [1.165, 1.54) is 32.5 Å². The molecule has 1 rings (SSSR count). The Hall–Kier alpha value is -0.120. The molecule has 0 saturated carbocycles. The van der Waals surface area contributed by atoms with Gasteiger partial charge < -0.3 is 15.4 Å². The van der Waals surface area contributed by atoms with Gasteiger partial charge in [0.05, 0.1) is 6.10 Å². The smallest absolute Gasteiger partial charge is 0.0599 e. The van der Waals surface area contributed by atoms with Crippen molar-refractivity contribution in [2.75, 3.05) is 32.8 Å². The predicted molar refractivity (Wildman–Crippen MR) is 68.5 cm³/mol. The first-order valence-corrected chi connectivity index (χ1v) is 6.76. The molecular formula is C13H28N2O. The lowest BCUT2D eigenvalue weighted by molar-refractivity contribution is 0.00421. The molecule has 0 unspecified atom stereocenters. The normalized spacial score (nSPS) is 19.5. The molecular weight excluding hydrogens is 200 g/mol. The highest BCUT2D eigenvalue weighted by molar-refractivity contribution is 4.73. The van der Waals surface area contributed by atoms with Crippen molar-refractivity contribution in [3.8, 4) is 0 Å². The van der Waals surface area contributed by atoms with Gasteiger partial charge in [0.15, 0.2) is 0 Å². The van der Waals surface area contributed by atoms with Crippen LogP contribution in [0.5, 0.6) is 0 Å². The van der Waals surface area contributed by atoms with Gasteiger partial charge in [0, 0.05) is 26.2 Å². The molecule has 0 aliphatic carbocycles. The van der Waals surface area contributed by atoms with Gasteiger partial charge in [-0.2, -0.15) is 0 Å². The van der Waals surface area contributed by atoms with Gasteiger partial charge >= 0.3 is 0 Å². The zero-order valence-corrected chi connectivity index (χ0v) is 11.0. The molecule has 2 N–H and O–H groups in total. The van der Waals surface area contributed by atoms with Crippen LogP contribution in [0.1, 0.15) is 39.5 Å². The van der Waals surface area contributed by atoms with Gasteiger partial charge in [0.1, 0.15) is 0 Å². The fourth-order valence-corrected chi connectivity index (χ4v) is 2.27. The highest BCUT2D eigenvalue weighted by atomic mass is 16.5. The number of ether oxygens (including phenoxy) is 1. The van der Waals surface area contributed by atoms with E-state index in [0.717, 1.165) is 31.9 Å². The van der Waals surface area contributed by atoms with Crippen LogP contribution in [0.25, 0.3) is 0 Å². The second-order valence-electron chi connectivity index (χ2n) is 5.26. The lowest BCUT2D eigenvalue weighted by Gasteiger charge is -2.32. The van der Waals surface area contributed by atoms with Crippen molar-refractivity contribution in [2.24, 2.45) is 11.7 Å². The lowest BCUT2D eigenvalue weighted by Crippen LogP contribution is -2.39. The van der Waals surface area contributed by atoms with Gasteiger partial charge in [-0.25, -0.2) is 0 Å². The van der Waals surface area contributed by atoms with Crippen molar-refractivity contribution >= 4 is 0 Å². The van der Waals surface area contributed by atoms with Gasteiger partial charge in [-0.05, 0) is 38.1 Å². The molecule has 0 aromatic carbocycles. The standard InChI is InChI=1S/C13H28N2O/c1-12(2)11-15-8-5-13(6-9-15)16-10-4-3-7-14/h12-13H,3-11,14H2,1-2H3. The summed E-state index contributed by atoms with van der Waals surface area (Å²) >= 11 is 0. The third-order valence-corrected chi connectivity index (χ3v) is 3.11. The maximum atomic E-state index is 5.86. The highest BCUT2D eigenvalue weighted by Gasteiger charge is 2.19. The van der Waals surface area contributed by atoms with Gasteiger partial charge in [0.25, 0.3) is 0 Å². The molecule has 16 heavy (non-hydrogen) atoms. The number of rotatable bonds is 7. The Morgan fingerprint density at radius 1 is 1.25 bits per heavy atom. The Morgan fingerprint density at radius 2 is 1.94 bits per heavy atom. The van der Waals surface area contributed by atoms with Crippen molar-refractivity contribution in [3.05, 3.63) is 0 Å². The minimum atomic E-state index is 0.501. The lowest BCUT2D eigenvalue weighted by atomic mass is 10.1. The molecule has 0 bridgehead atoms. The predicted octanol–water partition coefficient (Wildman–Crippen LogP) is 1.86. The summed E-state index contributed by atoms with van der Waals surface area (Å²) < 4.78 is 5.86. The summed E-state index contributed by atoms with van der Waals surface area (Å²) in [5.74, 6) is 0.780. The number of nitrogens with two attached hydrogens (primary N) is 1. The third kappa shape index (κ3) is 5.83. The van der Waals surface area contributed by atoms with Gasteiger partial charge in [-0.15, -0.1) is 0 Å². The van der Waals surface area contributed by atoms with Crippen LogP contribution < -0.4 is 5.73 Å². The summed E-state index contributed by atoms with van der Waals surface area (Å²) in [5, 5.41) is 0. The summed E-state index contributed by atoms with van der Waals surface area (Å²) in [5.41, 5.74) is 5.45. The van der Waals surface area contributed by atoms with E-state index in [-0.39, 0.29) is 0 Å². The van der Waals surface area contributed by atoms with Gasteiger partial charge in [0.2, 0.25) is 0 Å². The maximum absolute atomic E-state index is 5.86. The zero-order chi connectivity index (χ0) is 11.8. The number of unbranched alkanes of at least 4 members (excludes halogenated alkanes) is 1. The SMILES string of the molecule is CC(C)CN1CCC(OCCCCN)CC1. The number of likely N-dealkylation sites (tertiary alicyclic amines) is 1. The van der Waals surface area contributed by atoms with Gasteiger partial charge in [-0.1, -0.05) is 13.8 Å². The summed E-state index contributed by atoms with van der Waals surface area (Å²) in [7, 11) is 0. The highest BCUT2D eigenvalue weighted by Crippen LogP contribution is 2.15. The molecule has 1 heterocycles. The van der Waals surface area contributed by atoms with E-state index in [9.17, 15) is 0 Å². The number of nitrogens with zero attached hydrogens (tertiary/aromatic N) is 1. The van der Waals surface area contributed by atoms with E-state index in [2.05, 4.69) is 18.7 Å². The molecule has 96 valence electrons. The Balaban J connectivity index is 2.03. The Morgan fingerprint density at radius 3 is 2.50 bits per heavy atom. The number of hydrogen-bond acceptors (Lipinski definition) is 3. The molecule has 3 nitrogen and oxygen atoms in total. The van der Waals surface area contributed by atoms with E-state index in [0.29, 0.717) is 6.10 Å². The van der Waals surface area contributed by atoms with Crippen LogP contribution in [-0.4, -0.2) is 43.8 Å². The Kier molecular flexibility index (Phi) is 7.01. The first-order chi connectivity index (χ1) is 7.72. The largest absolute Gasteiger partial charge is 0.378 e. The molecule has 0 aromatic heterocycles. The second kappa shape index (κ2) is 8.04. The van der Waals surface area contributed by atoms with Crippen molar-refractivity contribution in [1.82, 2.24) is 4.90 Å². The number of piperidine rings is 1. The number of hydrogen-bond donors (Lipinski definition) is 1. The van der Waals surface area contributed by atoms with Crippen LogP contribution in [0.15, 0.2) is 0 Å². The quantitative estimate of drug-likeness (QED) is 0.676. The topological polar surface area (TPSA) is 38.5 Å². The van der Waals surface area contributed by atoms with Crippen molar-refractivity contribution in [3.63, 3.8) is 0 Å². The van der Waals surface area contributed by atoms with Crippen LogP contribution in [-0.2, 0) is 4.74 Å². The average Bonchev–Trinajstić information content (AvgIpc) is 2.26. The van der Waals surface area contributed by atoms with E-state index < -0.39 is 0 Å². The fourth-order valence-electron chi connectivity index (χ4n) is 2.27. The van der Waals surface area contributed by atoms with Crippen LogP contribution >= 0.6 is 0 Å². The molecule has 0 amide bonds. The summed E-state index contributed by atoms with van der Waals surface area (Å²) in [6.45, 7) is 9.91. The van der Waals surface area contributed by atoms with Crippen molar-refractivity contribution < 1.29 is 4.74 Å². The average molecular weight is 228 g/mol. The summed E-state index contributed by atoms with van der Waals surface area (Å²) in [6.07, 6.45) is 5.11. The first kappa shape index (κ1) is 13.9. The first-order valence-electron chi connectivity index (χ1n) is 6.76. The molecule has 3 heteroatoms. The molecule has 1 fully saturated rings. The minimum absolute atomic E-state index is 0.501. The minimum Gasteiger partial charge on any atom is -0.378 e. The molecule has 1 aliphatic rings. The zero-order valence-electron chi connectivity index (χ0n) is 11.0. The Labute approximate surface area is 100 Å². The van der Waals surface area contributed by atoms with Crippen LogP contribution in [0.3, 0.4) is 0 Å². The van der Waals surface area contributed by atoms with E-state index in [1.807, 2.05) is 0 Å². The molecule has 0 atom stereocenters. The molecule has 1 aliphatic heterocycles. The molecule has 0 spiro atoms. The third-order valence-electron chi connectivity index (χ3n) is 3.11. The van der Waals surface area contributed by atoms with Gasteiger partial charge in [-0.3, -0.25) is 0 Å².